The minimum atomic E-state index is -3.69. The van der Waals surface area contributed by atoms with Crippen LogP contribution < -0.4 is 5.73 Å². The lowest BCUT2D eigenvalue weighted by atomic mass is 10.1. The van der Waals surface area contributed by atoms with Crippen molar-refractivity contribution in [1.82, 2.24) is 9.21 Å². The maximum absolute atomic E-state index is 13.4. The van der Waals surface area contributed by atoms with E-state index in [9.17, 15) is 12.8 Å². The van der Waals surface area contributed by atoms with E-state index in [0.29, 0.717) is 13.1 Å². The molecule has 1 heterocycles. The molecule has 5 nitrogen and oxygen atoms in total. The highest BCUT2D eigenvalue weighted by Crippen LogP contribution is 2.30. The molecule has 1 saturated heterocycles. The molecule has 2 rings (SSSR count). The monoisotopic (exact) mass is 379 g/mol. The van der Waals surface area contributed by atoms with Crippen LogP contribution in [-0.4, -0.2) is 50.8 Å². The van der Waals surface area contributed by atoms with Crippen molar-refractivity contribution >= 4 is 31.6 Å². The Bertz CT molecular complexity index is 637. The largest absolute Gasteiger partial charge is 0.396 e. The lowest BCUT2D eigenvalue weighted by Gasteiger charge is -2.35. The first-order valence-corrected chi connectivity index (χ1v) is 8.88. The van der Waals surface area contributed by atoms with Crippen LogP contribution in [0.1, 0.15) is 12.8 Å². The van der Waals surface area contributed by atoms with Gasteiger partial charge in [-0.3, -0.25) is 0 Å². The van der Waals surface area contributed by atoms with Crippen molar-refractivity contribution in [1.29, 1.82) is 0 Å². The number of rotatable bonds is 3. The molecule has 1 aliphatic rings. The van der Waals surface area contributed by atoms with E-state index in [-0.39, 0.29) is 21.1 Å². The third kappa shape index (κ3) is 3.39. The first-order chi connectivity index (χ1) is 9.73. The van der Waals surface area contributed by atoms with E-state index in [1.807, 2.05) is 19.0 Å². The topological polar surface area (TPSA) is 66.6 Å². The Morgan fingerprint density at radius 1 is 1.43 bits per heavy atom. The number of anilines is 1. The normalized spacial score (nSPS) is 20.9. The Morgan fingerprint density at radius 3 is 2.71 bits per heavy atom. The fraction of sp³-hybridized carbons (Fsp3) is 0.538. The van der Waals surface area contributed by atoms with Crippen LogP contribution in [-0.2, 0) is 10.0 Å². The van der Waals surface area contributed by atoms with Crippen LogP contribution in [0.5, 0.6) is 0 Å². The van der Waals surface area contributed by atoms with Gasteiger partial charge in [0.15, 0.2) is 0 Å². The number of nitrogen functional groups attached to an aromatic ring is 1. The van der Waals surface area contributed by atoms with Crippen molar-refractivity contribution in [2.75, 3.05) is 32.9 Å². The SMILES string of the molecule is CN(C)C1CCCN(S(=O)(=O)c2cc(N)c(F)cc2Br)C1. The molecule has 0 bridgehead atoms. The van der Waals surface area contributed by atoms with E-state index in [1.54, 1.807) is 0 Å². The summed E-state index contributed by atoms with van der Waals surface area (Å²) in [7, 11) is 0.189. The Labute approximate surface area is 133 Å². The van der Waals surface area contributed by atoms with E-state index in [2.05, 4.69) is 15.9 Å². The van der Waals surface area contributed by atoms with Gasteiger partial charge in [0.1, 0.15) is 5.82 Å². The van der Waals surface area contributed by atoms with Crippen LogP contribution in [0.4, 0.5) is 10.1 Å². The number of sulfonamides is 1. The third-order valence-electron chi connectivity index (χ3n) is 3.76. The number of nitrogens with zero attached hydrogens (tertiary/aromatic N) is 2. The van der Waals surface area contributed by atoms with Crippen molar-refractivity contribution in [3.8, 4) is 0 Å². The minimum Gasteiger partial charge on any atom is -0.396 e. The van der Waals surface area contributed by atoms with Gasteiger partial charge in [-0.2, -0.15) is 4.31 Å². The molecule has 1 atom stereocenters. The van der Waals surface area contributed by atoms with Gasteiger partial charge >= 0.3 is 0 Å². The van der Waals surface area contributed by atoms with Gasteiger partial charge in [-0.1, -0.05) is 0 Å². The summed E-state index contributed by atoms with van der Waals surface area (Å²) in [6.45, 7) is 0.898. The molecule has 1 aromatic rings. The molecule has 118 valence electrons. The average molecular weight is 380 g/mol. The summed E-state index contributed by atoms with van der Waals surface area (Å²) in [5.41, 5.74) is 5.34. The summed E-state index contributed by atoms with van der Waals surface area (Å²) in [4.78, 5) is 2.04. The molecule has 0 amide bonds. The van der Waals surface area contributed by atoms with Gasteiger partial charge in [-0.25, -0.2) is 12.8 Å². The average Bonchev–Trinajstić information content (AvgIpc) is 2.42. The fourth-order valence-corrected chi connectivity index (χ4v) is 4.97. The van der Waals surface area contributed by atoms with Gasteiger partial charge in [-0.05, 0) is 55.0 Å². The zero-order valence-corrected chi connectivity index (χ0v) is 14.4. The van der Waals surface area contributed by atoms with Crippen LogP contribution in [0.15, 0.2) is 21.5 Å². The molecule has 0 aromatic heterocycles. The number of hydrogen-bond acceptors (Lipinski definition) is 4. The van der Waals surface area contributed by atoms with Crippen molar-refractivity contribution in [2.45, 2.75) is 23.8 Å². The molecule has 21 heavy (non-hydrogen) atoms. The molecule has 0 aliphatic carbocycles. The molecular formula is C13H19BrFN3O2S. The van der Waals surface area contributed by atoms with Gasteiger partial charge in [0, 0.05) is 23.6 Å². The van der Waals surface area contributed by atoms with Crippen molar-refractivity contribution in [3.63, 3.8) is 0 Å². The molecule has 1 aliphatic heterocycles. The second-order valence-corrected chi connectivity index (χ2v) is 8.19. The Hall–Kier alpha value is -0.700. The maximum atomic E-state index is 13.4. The van der Waals surface area contributed by atoms with E-state index in [0.717, 1.165) is 18.9 Å². The molecule has 1 fully saturated rings. The van der Waals surface area contributed by atoms with Crippen LogP contribution in [0.25, 0.3) is 0 Å². The number of halogens is 2. The molecular weight excluding hydrogens is 361 g/mol. The minimum absolute atomic E-state index is 0.0146. The van der Waals surface area contributed by atoms with Crippen molar-refractivity contribution in [2.24, 2.45) is 0 Å². The second kappa shape index (κ2) is 6.20. The summed E-state index contributed by atoms with van der Waals surface area (Å²) in [5, 5.41) is 0. The molecule has 0 radical (unpaired) electrons. The predicted molar refractivity (Wildman–Crippen MR) is 84.0 cm³/mol. The quantitative estimate of drug-likeness (QED) is 0.814. The Balaban J connectivity index is 2.36. The maximum Gasteiger partial charge on any atom is 0.244 e. The van der Waals surface area contributed by atoms with Crippen molar-refractivity contribution in [3.05, 3.63) is 22.4 Å². The lowest BCUT2D eigenvalue weighted by Crippen LogP contribution is -2.47. The first-order valence-electron chi connectivity index (χ1n) is 6.64. The molecule has 0 saturated carbocycles. The molecule has 2 N–H and O–H groups in total. The van der Waals surface area contributed by atoms with Crippen LogP contribution in [0.3, 0.4) is 0 Å². The van der Waals surface area contributed by atoms with E-state index in [1.165, 1.54) is 10.4 Å². The zero-order valence-electron chi connectivity index (χ0n) is 12.0. The smallest absolute Gasteiger partial charge is 0.244 e. The number of benzene rings is 1. The van der Waals surface area contributed by atoms with Gasteiger partial charge in [0.05, 0.1) is 10.6 Å². The van der Waals surface area contributed by atoms with Crippen molar-refractivity contribution < 1.29 is 12.8 Å². The Morgan fingerprint density at radius 2 is 2.10 bits per heavy atom. The highest BCUT2D eigenvalue weighted by Gasteiger charge is 2.32. The summed E-state index contributed by atoms with van der Waals surface area (Å²) in [6.07, 6.45) is 1.77. The van der Waals surface area contributed by atoms with E-state index < -0.39 is 15.8 Å². The summed E-state index contributed by atoms with van der Waals surface area (Å²) in [6, 6.07) is 2.45. The van der Waals surface area contributed by atoms with E-state index >= 15 is 0 Å². The molecule has 8 heteroatoms. The Kier molecular flexibility index (Phi) is 4.92. The molecule has 1 unspecified atom stereocenters. The summed E-state index contributed by atoms with van der Waals surface area (Å²) < 4.78 is 40.5. The summed E-state index contributed by atoms with van der Waals surface area (Å²) >= 11 is 3.12. The van der Waals surface area contributed by atoms with Gasteiger partial charge in [0.2, 0.25) is 10.0 Å². The number of likely N-dealkylation sites (N-methyl/N-ethyl adjacent to an activating group) is 1. The highest BCUT2D eigenvalue weighted by atomic mass is 79.9. The van der Waals surface area contributed by atoms with Gasteiger partial charge in [0.25, 0.3) is 0 Å². The van der Waals surface area contributed by atoms with Gasteiger partial charge < -0.3 is 10.6 Å². The van der Waals surface area contributed by atoms with E-state index in [4.69, 9.17) is 5.73 Å². The number of piperidine rings is 1. The van der Waals surface area contributed by atoms with Crippen LogP contribution in [0.2, 0.25) is 0 Å². The fourth-order valence-electron chi connectivity index (χ4n) is 2.44. The standard InChI is InChI=1S/C13H19BrFN3O2S/c1-17(2)9-4-3-5-18(8-9)21(19,20)13-7-12(16)11(15)6-10(13)14/h6-7,9H,3-5,8,16H2,1-2H3. The number of hydrogen-bond donors (Lipinski definition) is 1. The second-order valence-electron chi connectivity index (χ2n) is 5.43. The lowest BCUT2D eigenvalue weighted by molar-refractivity contribution is 0.190. The number of nitrogens with two attached hydrogens (primary N) is 1. The van der Waals surface area contributed by atoms with Crippen LogP contribution >= 0.6 is 15.9 Å². The molecule has 0 spiro atoms. The summed E-state index contributed by atoms with van der Waals surface area (Å²) in [5.74, 6) is -0.634. The highest BCUT2D eigenvalue weighted by molar-refractivity contribution is 9.10. The van der Waals surface area contributed by atoms with Gasteiger partial charge in [-0.15, -0.1) is 0 Å². The first kappa shape index (κ1) is 16.7. The zero-order chi connectivity index (χ0) is 15.8. The third-order valence-corrected chi connectivity index (χ3v) is 6.58. The molecule has 1 aromatic carbocycles. The predicted octanol–water partition coefficient (Wildman–Crippen LogP) is 1.89. The van der Waals surface area contributed by atoms with Crippen LogP contribution in [0, 0.1) is 5.82 Å².